The van der Waals surface area contributed by atoms with Gasteiger partial charge in [0.25, 0.3) is 0 Å². The van der Waals surface area contributed by atoms with Crippen LogP contribution in [0.5, 0.6) is 17.4 Å². The first kappa shape index (κ1) is 22.9. The first-order chi connectivity index (χ1) is 17.1. The Morgan fingerprint density at radius 3 is 2.71 bits per heavy atom. The number of rotatable bonds is 7. The third kappa shape index (κ3) is 5.15. The fraction of sp³-hybridized carbons (Fsp3) is 0.179. The van der Waals surface area contributed by atoms with Crippen molar-refractivity contribution in [2.45, 2.75) is 25.3 Å². The molecule has 4 aromatic rings. The number of nitrogens with zero attached hydrogens (tertiary/aromatic N) is 2. The van der Waals surface area contributed by atoms with E-state index in [-0.39, 0.29) is 11.7 Å². The summed E-state index contributed by atoms with van der Waals surface area (Å²) in [6.45, 7) is 4.53. The van der Waals surface area contributed by atoms with Gasteiger partial charge in [0, 0.05) is 23.7 Å². The molecule has 0 bridgehead atoms. The number of carbonyl (C=O) groups excluding carboxylic acids is 1. The van der Waals surface area contributed by atoms with Crippen molar-refractivity contribution in [1.82, 2.24) is 9.97 Å². The molecule has 0 saturated carbocycles. The lowest BCUT2D eigenvalue weighted by Gasteiger charge is -2.23. The van der Waals surface area contributed by atoms with E-state index in [1.54, 1.807) is 0 Å². The SMILES string of the molecule is CCOc1cccc(NC(=O)CSc2nc(-c3ccccc3)nc3c2Cc2cccc(C)c2O3)c1. The number of nitrogens with one attached hydrogen (secondary N) is 1. The Morgan fingerprint density at radius 2 is 1.89 bits per heavy atom. The topological polar surface area (TPSA) is 73.3 Å². The predicted octanol–water partition coefficient (Wildman–Crippen LogP) is 6.28. The number of aryl methyl sites for hydroxylation is 1. The first-order valence-electron chi connectivity index (χ1n) is 11.5. The average molecular weight is 484 g/mol. The van der Waals surface area contributed by atoms with E-state index in [1.807, 2.05) is 80.6 Å². The molecule has 35 heavy (non-hydrogen) atoms. The van der Waals surface area contributed by atoms with E-state index in [0.717, 1.165) is 38.8 Å². The van der Waals surface area contributed by atoms with Gasteiger partial charge in [-0.05, 0) is 37.1 Å². The monoisotopic (exact) mass is 483 g/mol. The molecule has 1 aliphatic heterocycles. The number of ether oxygens (including phenoxy) is 2. The molecule has 1 amide bonds. The van der Waals surface area contributed by atoms with Gasteiger partial charge in [-0.25, -0.2) is 4.98 Å². The second kappa shape index (κ2) is 10.2. The highest BCUT2D eigenvalue weighted by Gasteiger charge is 2.25. The lowest BCUT2D eigenvalue weighted by atomic mass is 10.0. The fourth-order valence-corrected chi connectivity index (χ4v) is 4.79. The summed E-state index contributed by atoms with van der Waals surface area (Å²) in [6.07, 6.45) is 0.655. The molecule has 3 aromatic carbocycles. The molecule has 0 spiro atoms. The highest BCUT2D eigenvalue weighted by molar-refractivity contribution is 8.00. The van der Waals surface area contributed by atoms with Crippen molar-refractivity contribution in [3.8, 4) is 28.8 Å². The fourth-order valence-electron chi connectivity index (χ4n) is 3.96. The molecular weight excluding hydrogens is 458 g/mol. The number of benzene rings is 3. The largest absolute Gasteiger partial charge is 0.494 e. The number of thioether (sulfide) groups is 1. The summed E-state index contributed by atoms with van der Waals surface area (Å²) < 4.78 is 11.8. The molecule has 1 N–H and O–H groups in total. The Balaban J connectivity index is 1.41. The van der Waals surface area contributed by atoms with Gasteiger partial charge < -0.3 is 14.8 Å². The highest BCUT2D eigenvalue weighted by atomic mass is 32.2. The van der Waals surface area contributed by atoms with E-state index in [9.17, 15) is 4.79 Å². The third-order valence-electron chi connectivity index (χ3n) is 5.59. The number of carbonyl (C=O) groups is 1. The van der Waals surface area contributed by atoms with Gasteiger partial charge in [-0.1, -0.05) is 66.4 Å². The molecule has 6 nitrogen and oxygen atoms in total. The van der Waals surface area contributed by atoms with Gasteiger partial charge in [-0.15, -0.1) is 0 Å². The zero-order valence-electron chi connectivity index (χ0n) is 19.6. The second-order valence-corrected chi connectivity index (χ2v) is 9.11. The van der Waals surface area contributed by atoms with Crippen LogP contribution in [0.25, 0.3) is 11.4 Å². The van der Waals surface area contributed by atoms with Gasteiger partial charge >= 0.3 is 0 Å². The zero-order chi connectivity index (χ0) is 24.2. The van der Waals surface area contributed by atoms with Gasteiger partial charge in [0.2, 0.25) is 11.8 Å². The molecule has 0 fully saturated rings. The number of hydrogen-bond donors (Lipinski definition) is 1. The summed E-state index contributed by atoms with van der Waals surface area (Å²) in [5.74, 6) is 2.78. The number of anilines is 1. The van der Waals surface area contributed by atoms with Gasteiger partial charge in [0.15, 0.2) is 5.82 Å². The quantitative estimate of drug-likeness (QED) is 0.217. The van der Waals surface area contributed by atoms with Crippen LogP contribution in [0.1, 0.15) is 23.6 Å². The zero-order valence-corrected chi connectivity index (χ0v) is 20.4. The van der Waals surface area contributed by atoms with Crippen LogP contribution in [0.15, 0.2) is 77.8 Å². The van der Waals surface area contributed by atoms with Crippen LogP contribution in [0.3, 0.4) is 0 Å². The first-order valence-corrected chi connectivity index (χ1v) is 12.5. The Bertz CT molecular complexity index is 1380. The maximum atomic E-state index is 12.8. The minimum Gasteiger partial charge on any atom is -0.494 e. The van der Waals surface area contributed by atoms with E-state index < -0.39 is 0 Å². The third-order valence-corrected chi connectivity index (χ3v) is 6.61. The van der Waals surface area contributed by atoms with Crippen LogP contribution in [-0.2, 0) is 11.2 Å². The Hall–Kier alpha value is -3.84. The number of hydrogen-bond acceptors (Lipinski definition) is 6. The van der Waals surface area contributed by atoms with E-state index in [4.69, 9.17) is 19.4 Å². The smallest absolute Gasteiger partial charge is 0.234 e. The maximum Gasteiger partial charge on any atom is 0.234 e. The van der Waals surface area contributed by atoms with Crippen LogP contribution < -0.4 is 14.8 Å². The van der Waals surface area contributed by atoms with Crippen molar-refractivity contribution >= 4 is 23.4 Å². The molecule has 176 valence electrons. The van der Waals surface area contributed by atoms with E-state index >= 15 is 0 Å². The summed E-state index contributed by atoms with van der Waals surface area (Å²) in [4.78, 5) is 22.4. The van der Waals surface area contributed by atoms with Crippen LogP contribution in [-0.4, -0.2) is 28.2 Å². The number of aromatic nitrogens is 2. The molecule has 0 unspecified atom stereocenters. The minimum absolute atomic E-state index is 0.120. The van der Waals surface area contributed by atoms with Crippen molar-refractivity contribution in [3.05, 3.63) is 89.5 Å². The molecule has 0 aliphatic carbocycles. The molecular formula is C28H25N3O3S. The van der Waals surface area contributed by atoms with Crippen LogP contribution >= 0.6 is 11.8 Å². The van der Waals surface area contributed by atoms with Crippen molar-refractivity contribution in [3.63, 3.8) is 0 Å². The molecule has 0 atom stereocenters. The standard InChI is InChI=1S/C28H25N3O3S/c1-3-33-22-14-8-13-21(16-22)29-24(32)17-35-28-23-15-20-12-7-9-18(2)25(20)34-27(23)30-26(31-28)19-10-5-4-6-11-19/h4-14,16H,3,15,17H2,1-2H3,(H,29,32). The normalized spacial score (nSPS) is 11.7. The van der Waals surface area contributed by atoms with Gasteiger partial charge in [-0.3, -0.25) is 4.79 Å². The molecule has 1 aliphatic rings. The summed E-state index contributed by atoms with van der Waals surface area (Å²) in [6, 6.07) is 23.3. The summed E-state index contributed by atoms with van der Waals surface area (Å²) in [7, 11) is 0. The molecule has 2 heterocycles. The summed E-state index contributed by atoms with van der Waals surface area (Å²) in [5, 5.41) is 3.70. The molecule has 0 saturated heterocycles. The van der Waals surface area contributed by atoms with Gasteiger partial charge in [0.05, 0.1) is 17.9 Å². The van der Waals surface area contributed by atoms with Gasteiger partial charge in [-0.2, -0.15) is 4.98 Å². The Morgan fingerprint density at radius 1 is 1.06 bits per heavy atom. The van der Waals surface area contributed by atoms with Crippen LogP contribution in [0.4, 0.5) is 5.69 Å². The average Bonchev–Trinajstić information content (AvgIpc) is 2.87. The maximum absolute atomic E-state index is 12.8. The lowest BCUT2D eigenvalue weighted by molar-refractivity contribution is -0.113. The number of para-hydroxylation sites is 1. The Kier molecular flexibility index (Phi) is 6.68. The minimum atomic E-state index is -0.120. The van der Waals surface area contributed by atoms with Crippen molar-refractivity contribution in [2.24, 2.45) is 0 Å². The highest BCUT2D eigenvalue weighted by Crippen LogP contribution is 2.41. The van der Waals surface area contributed by atoms with E-state index in [1.165, 1.54) is 11.8 Å². The Labute approximate surface area is 208 Å². The summed E-state index contributed by atoms with van der Waals surface area (Å²) in [5.41, 5.74) is 4.65. The van der Waals surface area contributed by atoms with E-state index in [2.05, 4.69) is 11.4 Å². The van der Waals surface area contributed by atoms with Crippen molar-refractivity contribution in [2.75, 3.05) is 17.7 Å². The summed E-state index contributed by atoms with van der Waals surface area (Å²) >= 11 is 1.39. The molecule has 7 heteroatoms. The van der Waals surface area contributed by atoms with Crippen molar-refractivity contribution < 1.29 is 14.3 Å². The van der Waals surface area contributed by atoms with Crippen LogP contribution in [0, 0.1) is 6.92 Å². The van der Waals surface area contributed by atoms with E-state index in [0.29, 0.717) is 30.4 Å². The number of fused-ring (bicyclic) bond motifs is 2. The van der Waals surface area contributed by atoms with Gasteiger partial charge in [0.1, 0.15) is 16.5 Å². The second-order valence-electron chi connectivity index (χ2n) is 8.14. The molecule has 0 radical (unpaired) electrons. The van der Waals surface area contributed by atoms with Crippen LogP contribution in [0.2, 0.25) is 0 Å². The molecule has 1 aromatic heterocycles. The predicted molar refractivity (Wildman–Crippen MR) is 138 cm³/mol. The molecule has 5 rings (SSSR count). The lowest BCUT2D eigenvalue weighted by Crippen LogP contribution is -2.15. The van der Waals surface area contributed by atoms with Crippen molar-refractivity contribution in [1.29, 1.82) is 0 Å². The number of amides is 1.